The highest BCUT2D eigenvalue weighted by Crippen LogP contribution is 2.41. The predicted octanol–water partition coefficient (Wildman–Crippen LogP) is 2.07. The van der Waals surface area contributed by atoms with Crippen molar-refractivity contribution in [1.29, 1.82) is 0 Å². The number of halogens is 1. The molecule has 2 saturated heterocycles. The highest BCUT2D eigenvalue weighted by molar-refractivity contribution is 9.10. The summed E-state index contributed by atoms with van der Waals surface area (Å²) in [4.78, 5) is 17.3. The van der Waals surface area contributed by atoms with Crippen LogP contribution in [0.1, 0.15) is 6.92 Å². The van der Waals surface area contributed by atoms with Gasteiger partial charge in [0.05, 0.1) is 17.5 Å². The molecule has 0 N–H and O–H groups in total. The summed E-state index contributed by atoms with van der Waals surface area (Å²) < 4.78 is 24.6. The third kappa shape index (κ3) is 3.02. The minimum absolute atomic E-state index is 0.0586. The molecule has 2 heterocycles. The van der Waals surface area contributed by atoms with E-state index in [4.69, 9.17) is 0 Å². The number of anilines is 1. The quantitative estimate of drug-likeness (QED) is 0.736. The first kappa shape index (κ1) is 15.1. The van der Waals surface area contributed by atoms with E-state index >= 15 is 0 Å². The van der Waals surface area contributed by atoms with Crippen LogP contribution >= 0.6 is 27.7 Å². The van der Waals surface area contributed by atoms with Gasteiger partial charge >= 0.3 is 0 Å². The van der Waals surface area contributed by atoms with Crippen LogP contribution in [0.4, 0.5) is 5.69 Å². The van der Waals surface area contributed by atoms with Crippen LogP contribution in [0.5, 0.6) is 0 Å². The molecule has 5 nitrogen and oxygen atoms in total. The van der Waals surface area contributed by atoms with Crippen LogP contribution in [0.2, 0.25) is 0 Å². The zero-order valence-corrected chi connectivity index (χ0v) is 14.4. The van der Waals surface area contributed by atoms with E-state index in [-0.39, 0.29) is 28.7 Å². The van der Waals surface area contributed by atoms with Gasteiger partial charge in [0.25, 0.3) is 0 Å². The first-order valence-corrected chi connectivity index (χ1v) is 9.86. The lowest BCUT2D eigenvalue weighted by Crippen LogP contribution is -2.37. The molecular formula is C13H13BrN2O3S2. The summed E-state index contributed by atoms with van der Waals surface area (Å²) in [6.07, 6.45) is 0. The lowest BCUT2D eigenvalue weighted by Gasteiger charge is -2.24. The van der Waals surface area contributed by atoms with Gasteiger partial charge in [-0.3, -0.25) is 4.79 Å². The highest BCUT2D eigenvalue weighted by atomic mass is 79.9. The number of benzene rings is 1. The average Bonchev–Trinajstić information content (AvgIpc) is 2.81. The van der Waals surface area contributed by atoms with Crippen molar-refractivity contribution < 1.29 is 13.2 Å². The van der Waals surface area contributed by atoms with Crippen molar-refractivity contribution in [3.8, 4) is 0 Å². The largest absolute Gasteiger partial charge is 0.316 e. The zero-order chi connectivity index (χ0) is 15.2. The molecule has 1 amide bonds. The van der Waals surface area contributed by atoms with Crippen molar-refractivity contribution in [3.05, 3.63) is 28.7 Å². The molecule has 0 radical (unpaired) electrons. The Balaban J connectivity index is 2.02. The summed E-state index contributed by atoms with van der Waals surface area (Å²) in [6, 6.07) is 7.42. The predicted molar refractivity (Wildman–Crippen MR) is 88.6 cm³/mol. The van der Waals surface area contributed by atoms with Crippen LogP contribution in [-0.4, -0.2) is 42.3 Å². The molecule has 21 heavy (non-hydrogen) atoms. The Morgan fingerprint density at radius 2 is 2.00 bits per heavy atom. The maximum absolute atomic E-state index is 11.8. The van der Waals surface area contributed by atoms with E-state index in [1.54, 1.807) is 0 Å². The first-order valence-electron chi connectivity index (χ1n) is 6.37. The topological polar surface area (TPSA) is 66.8 Å². The number of thioether (sulfide) groups is 1. The normalized spacial score (nSPS) is 28.9. The van der Waals surface area contributed by atoms with Crippen LogP contribution in [0.15, 0.2) is 33.7 Å². The van der Waals surface area contributed by atoms with E-state index in [1.807, 2.05) is 29.2 Å². The van der Waals surface area contributed by atoms with Gasteiger partial charge in [-0.2, -0.15) is 4.99 Å². The third-order valence-electron chi connectivity index (χ3n) is 3.42. The van der Waals surface area contributed by atoms with Crippen molar-refractivity contribution in [1.82, 2.24) is 0 Å². The summed E-state index contributed by atoms with van der Waals surface area (Å²) in [6.45, 7) is 1.40. The fraction of sp³-hybridized carbons (Fsp3) is 0.385. The molecule has 2 aliphatic heterocycles. The van der Waals surface area contributed by atoms with Crippen molar-refractivity contribution >= 4 is 54.3 Å². The molecule has 0 unspecified atom stereocenters. The maximum Gasteiger partial charge on any atom is 0.244 e. The van der Waals surface area contributed by atoms with Crippen molar-refractivity contribution in [2.75, 3.05) is 16.4 Å². The summed E-state index contributed by atoms with van der Waals surface area (Å²) in [5.74, 6) is -0.0216. The van der Waals surface area contributed by atoms with Gasteiger partial charge in [0.1, 0.15) is 0 Å². The Kier molecular flexibility index (Phi) is 3.87. The lowest BCUT2D eigenvalue weighted by molar-refractivity contribution is -0.115. The molecule has 0 bridgehead atoms. The molecule has 2 atom stereocenters. The smallest absolute Gasteiger partial charge is 0.244 e. The number of carbonyl (C=O) groups is 1. The van der Waals surface area contributed by atoms with Crippen molar-refractivity contribution in [2.24, 2.45) is 4.99 Å². The SMILES string of the molecule is CC(=O)N=C1S[C@H]2CS(=O)(=O)C[C@@H]2N1c1ccc(Br)cc1. The molecule has 0 aliphatic carbocycles. The Hall–Kier alpha value is -0.860. The van der Waals surface area contributed by atoms with Crippen molar-refractivity contribution in [2.45, 2.75) is 18.2 Å². The molecule has 0 spiro atoms. The number of aliphatic imine (C=N–C) groups is 1. The van der Waals surface area contributed by atoms with Crippen LogP contribution < -0.4 is 4.90 Å². The number of amides is 1. The fourth-order valence-corrected chi connectivity index (χ4v) is 6.83. The van der Waals surface area contributed by atoms with E-state index in [2.05, 4.69) is 20.9 Å². The summed E-state index contributed by atoms with van der Waals surface area (Å²) in [7, 11) is -3.02. The van der Waals surface area contributed by atoms with Gasteiger partial charge in [-0.1, -0.05) is 27.7 Å². The molecule has 8 heteroatoms. The molecular weight excluding hydrogens is 376 g/mol. The zero-order valence-electron chi connectivity index (χ0n) is 11.2. The second-order valence-corrected chi connectivity index (χ2v) is 9.34. The number of rotatable bonds is 1. The number of amidine groups is 1. The minimum Gasteiger partial charge on any atom is -0.316 e. The minimum atomic E-state index is -3.02. The van der Waals surface area contributed by atoms with E-state index in [0.717, 1.165) is 10.2 Å². The Bertz CT molecular complexity index is 715. The monoisotopic (exact) mass is 388 g/mol. The number of hydrogen-bond donors (Lipinski definition) is 0. The molecule has 1 aromatic rings. The number of fused-ring (bicyclic) bond motifs is 1. The first-order chi connectivity index (χ1) is 9.85. The van der Waals surface area contributed by atoms with Crippen LogP contribution in [0.3, 0.4) is 0 Å². The maximum atomic E-state index is 11.8. The molecule has 112 valence electrons. The second kappa shape index (κ2) is 5.40. The van der Waals surface area contributed by atoms with Gasteiger partial charge in [0, 0.05) is 22.3 Å². The van der Waals surface area contributed by atoms with Gasteiger partial charge in [-0.15, -0.1) is 0 Å². The molecule has 0 saturated carbocycles. The average molecular weight is 389 g/mol. The standard InChI is InChI=1S/C13H13BrN2O3S2/c1-8(17)15-13-16(10-4-2-9(14)3-5-10)11-6-21(18,19)7-12(11)20-13/h2-5,11-12H,6-7H2,1H3/t11-,12-/m0/s1. The fourth-order valence-electron chi connectivity index (χ4n) is 2.60. The van der Waals surface area contributed by atoms with Crippen LogP contribution in [0, 0.1) is 0 Å². The molecule has 3 rings (SSSR count). The van der Waals surface area contributed by atoms with Crippen LogP contribution in [0.25, 0.3) is 0 Å². The number of carbonyl (C=O) groups excluding carboxylic acids is 1. The van der Waals surface area contributed by atoms with E-state index in [1.165, 1.54) is 18.7 Å². The number of hydrogen-bond acceptors (Lipinski definition) is 4. The van der Waals surface area contributed by atoms with Gasteiger partial charge in [-0.25, -0.2) is 8.42 Å². The molecule has 2 aliphatic rings. The lowest BCUT2D eigenvalue weighted by atomic mass is 10.2. The highest BCUT2D eigenvalue weighted by Gasteiger charge is 2.49. The molecule has 2 fully saturated rings. The van der Waals surface area contributed by atoms with Gasteiger partial charge < -0.3 is 4.90 Å². The summed E-state index contributed by atoms with van der Waals surface area (Å²) in [5, 5.41) is 0.534. The summed E-state index contributed by atoms with van der Waals surface area (Å²) in [5.41, 5.74) is 0.857. The van der Waals surface area contributed by atoms with Gasteiger partial charge in [-0.05, 0) is 24.3 Å². The Morgan fingerprint density at radius 3 is 2.62 bits per heavy atom. The number of nitrogens with zero attached hydrogens (tertiary/aromatic N) is 2. The van der Waals surface area contributed by atoms with E-state index in [0.29, 0.717) is 5.17 Å². The third-order valence-corrected chi connectivity index (χ3v) is 7.16. The van der Waals surface area contributed by atoms with Gasteiger partial charge in [0.2, 0.25) is 5.91 Å². The Morgan fingerprint density at radius 1 is 1.33 bits per heavy atom. The molecule has 1 aromatic carbocycles. The van der Waals surface area contributed by atoms with E-state index in [9.17, 15) is 13.2 Å². The number of sulfone groups is 1. The summed E-state index contributed by atoms with van der Waals surface area (Å²) >= 11 is 4.76. The molecule has 0 aromatic heterocycles. The van der Waals surface area contributed by atoms with E-state index < -0.39 is 9.84 Å². The van der Waals surface area contributed by atoms with Gasteiger partial charge in [0.15, 0.2) is 15.0 Å². The van der Waals surface area contributed by atoms with Crippen molar-refractivity contribution in [3.63, 3.8) is 0 Å². The Labute approximate surface area is 135 Å². The van der Waals surface area contributed by atoms with Crippen LogP contribution in [-0.2, 0) is 14.6 Å². The second-order valence-electron chi connectivity index (χ2n) is 5.06.